The normalized spacial score (nSPS) is 14.3. The SMILES string of the molecule is O=[N+]([O-])c1ccccc1CCn1ccc(CNC2CC2)c1. The summed E-state index contributed by atoms with van der Waals surface area (Å²) in [7, 11) is 0. The van der Waals surface area contributed by atoms with Gasteiger partial charge in [-0.3, -0.25) is 10.1 Å². The standard InChI is InChI=1S/C16H19N3O2/c20-19(21)16-4-2-1-3-14(16)8-10-18-9-7-13(12-18)11-17-15-5-6-15/h1-4,7,9,12,15,17H,5-6,8,10-11H2. The van der Waals surface area contributed by atoms with Gasteiger partial charge in [0.05, 0.1) is 4.92 Å². The van der Waals surface area contributed by atoms with Crippen LogP contribution in [0.3, 0.4) is 0 Å². The van der Waals surface area contributed by atoms with Crippen molar-refractivity contribution in [1.82, 2.24) is 9.88 Å². The number of hydrogen-bond donors (Lipinski definition) is 1. The second kappa shape index (κ2) is 6.10. The van der Waals surface area contributed by atoms with E-state index in [1.165, 1.54) is 18.4 Å². The molecule has 0 amide bonds. The third kappa shape index (κ3) is 3.70. The molecule has 0 saturated heterocycles. The van der Waals surface area contributed by atoms with Crippen LogP contribution in [0.5, 0.6) is 0 Å². The summed E-state index contributed by atoms with van der Waals surface area (Å²) in [5.74, 6) is 0. The van der Waals surface area contributed by atoms with Crippen LogP contribution >= 0.6 is 0 Å². The van der Waals surface area contributed by atoms with Gasteiger partial charge in [0, 0.05) is 43.2 Å². The molecule has 0 aliphatic heterocycles. The lowest BCUT2D eigenvalue weighted by atomic mass is 10.1. The fourth-order valence-electron chi connectivity index (χ4n) is 2.43. The second-order valence-corrected chi connectivity index (χ2v) is 5.55. The highest BCUT2D eigenvalue weighted by molar-refractivity contribution is 5.39. The number of rotatable bonds is 7. The van der Waals surface area contributed by atoms with E-state index in [2.05, 4.69) is 22.1 Å². The number of nitrogens with one attached hydrogen (secondary N) is 1. The van der Waals surface area contributed by atoms with Crippen molar-refractivity contribution in [3.63, 3.8) is 0 Å². The lowest BCUT2D eigenvalue weighted by Crippen LogP contribution is -2.14. The molecule has 0 spiro atoms. The number of para-hydroxylation sites is 1. The molecule has 1 aromatic heterocycles. The van der Waals surface area contributed by atoms with Crippen molar-refractivity contribution in [3.05, 3.63) is 64.0 Å². The van der Waals surface area contributed by atoms with Gasteiger partial charge in [-0.15, -0.1) is 0 Å². The smallest absolute Gasteiger partial charge is 0.272 e. The van der Waals surface area contributed by atoms with Gasteiger partial charge in [-0.05, 0) is 30.9 Å². The first-order chi connectivity index (χ1) is 10.2. The summed E-state index contributed by atoms with van der Waals surface area (Å²) in [5, 5.41) is 14.5. The molecule has 5 nitrogen and oxygen atoms in total. The first-order valence-electron chi connectivity index (χ1n) is 7.33. The summed E-state index contributed by atoms with van der Waals surface area (Å²) in [5.41, 5.74) is 2.26. The molecule has 0 radical (unpaired) electrons. The number of nitro benzene ring substituents is 1. The molecule has 1 aliphatic rings. The van der Waals surface area contributed by atoms with Gasteiger partial charge in [-0.2, -0.15) is 0 Å². The summed E-state index contributed by atoms with van der Waals surface area (Å²) in [6, 6.07) is 9.77. The minimum Gasteiger partial charge on any atom is -0.354 e. The highest BCUT2D eigenvalue weighted by Gasteiger charge is 2.20. The van der Waals surface area contributed by atoms with E-state index in [0.717, 1.165) is 18.7 Å². The zero-order chi connectivity index (χ0) is 14.7. The van der Waals surface area contributed by atoms with Crippen molar-refractivity contribution in [3.8, 4) is 0 Å². The highest BCUT2D eigenvalue weighted by atomic mass is 16.6. The maximum Gasteiger partial charge on any atom is 0.272 e. The van der Waals surface area contributed by atoms with Crippen molar-refractivity contribution < 1.29 is 4.92 Å². The summed E-state index contributed by atoms with van der Waals surface area (Å²) in [6.07, 6.45) is 7.40. The predicted octanol–water partition coefficient (Wildman–Crippen LogP) is 2.89. The average Bonchev–Trinajstić information content (AvgIpc) is 3.21. The lowest BCUT2D eigenvalue weighted by molar-refractivity contribution is -0.385. The summed E-state index contributed by atoms with van der Waals surface area (Å²) >= 11 is 0. The van der Waals surface area contributed by atoms with Crippen LogP contribution in [-0.2, 0) is 19.5 Å². The second-order valence-electron chi connectivity index (χ2n) is 5.55. The molecule has 21 heavy (non-hydrogen) atoms. The summed E-state index contributed by atoms with van der Waals surface area (Å²) in [4.78, 5) is 10.7. The lowest BCUT2D eigenvalue weighted by Gasteiger charge is -2.04. The van der Waals surface area contributed by atoms with Crippen molar-refractivity contribution in [2.75, 3.05) is 0 Å². The molecule has 0 unspecified atom stereocenters. The van der Waals surface area contributed by atoms with Crippen LogP contribution in [0.4, 0.5) is 5.69 Å². The van der Waals surface area contributed by atoms with Crippen LogP contribution in [0, 0.1) is 10.1 Å². The molecule has 5 heteroatoms. The largest absolute Gasteiger partial charge is 0.354 e. The molecule has 1 fully saturated rings. The van der Waals surface area contributed by atoms with E-state index in [4.69, 9.17) is 0 Å². The quantitative estimate of drug-likeness (QED) is 0.628. The first-order valence-corrected chi connectivity index (χ1v) is 7.33. The highest BCUT2D eigenvalue weighted by Crippen LogP contribution is 2.20. The maximum absolute atomic E-state index is 11.0. The Hall–Kier alpha value is -2.14. The van der Waals surface area contributed by atoms with E-state index >= 15 is 0 Å². The van der Waals surface area contributed by atoms with Gasteiger partial charge in [0.25, 0.3) is 5.69 Å². The molecule has 2 aromatic rings. The van der Waals surface area contributed by atoms with Crippen LogP contribution in [0.1, 0.15) is 24.0 Å². The van der Waals surface area contributed by atoms with Crippen LogP contribution in [-0.4, -0.2) is 15.5 Å². The molecule has 1 aliphatic carbocycles. The Morgan fingerprint density at radius 2 is 2.10 bits per heavy atom. The molecular weight excluding hydrogens is 266 g/mol. The Kier molecular flexibility index (Phi) is 4.01. The molecule has 3 rings (SSSR count). The zero-order valence-corrected chi connectivity index (χ0v) is 11.9. The van der Waals surface area contributed by atoms with Crippen LogP contribution in [0.15, 0.2) is 42.7 Å². The third-order valence-electron chi connectivity index (χ3n) is 3.81. The van der Waals surface area contributed by atoms with Crippen LogP contribution in [0.25, 0.3) is 0 Å². The molecule has 110 valence electrons. The first kappa shape index (κ1) is 13.8. The van der Waals surface area contributed by atoms with E-state index in [-0.39, 0.29) is 10.6 Å². The number of aromatic nitrogens is 1. The van der Waals surface area contributed by atoms with Crippen LogP contribution < -0.4 is 5.32 Å². The van der Waals surface area contributed by atoms with Crippen molar-refractivity contribution in [2.24, 2.45) is 0 Å². The van der Waals surface area contributed by atoms with E-state index in [9.17, 15) is 10.1 Å². The number of nitro groups is 1. The van der Waals surface area contributed by atoms with E-state index in [1.807, 2.05) is 18.3 Å². The monoisotopic (exact) mass is 285 g/mol. The van der Waals surface area contributed by atoms with Gasteiger partial charge >= 0.3 is 0 Å². The van der Waals surface area contributed by atoms with Crippen molar-refractivity contribution in [1.29, 1.82) is 0 Å². The van der Waals surface area contributed by atoms with Crippen molar-refractivity contribution in [2.45, 2.75) is 38.4 Å². The topological polar surface area (TPSA) is 60.1 Å². The Bertz CT molecular complexity index is 632. The Morgan fingerprint density at radius 1 is 1.29 bits per heavy atom. The summed E-state index contributed by atoms with van der Waals surface area (Å²) < 4.78 is 2.10. The molecule has 1 heterocycles. The third-order valence-corrected chi connectivity index (χ3v) is 3.81. The van der Waals surface area contributed by atoms with E-state index < -0.39 is 0 Å². The Labute approximate surface area is 123 Å². The van der Waals surface area contributed by atoms with Gasteiger partial charge in [-0.1, -0.05) is 18.2 Å². The van der Waals surface area contributed by atoms with Gasteiger partial charge in [0.15, 0.2) is 0 Å². The van der Waals surface area contributed by atoms with Gasteiger partial charge in [0.1, 0.15) is 0 Å². The van der Waals surface area contributed by atoms with Gasteiger partial charge in [-0.25, -0.2) is 0 Å². The number of hydrogen-bond acceptors (Lipinski definition) is 3. The summed E-state index contributed by atoms with van der Waals surface area (Å²) in [6.45, 7) is 1.66. The van der Waals surface area contributed by atoms with E-state index in [1.54, 1.807) is 12.1 Å². The Morgan fingerprint density at radius 3 is 2.86 bits per heavy atom. The zero-order valence-electron chi connectivity index (χ0n) is 11.9. The minimum atomic E-state index is -0.310. The van der Waals surface area contributed by atoms with Gasteiger partial charge in [0.2, 0.25) is 0 Å². The predicted molar refractivity (Wildman–Crippen MR) is 81.1 cm³/mol. The number of aryl methyl sites for hydroxylation is 2. The molecule has 0 atom stereocenters. The fourth-order valence-corrected chi connectivity index (χ4v) is 2.43. The molecule has 1 N–H and O–H groups in total. The number of benzene rings is 1. The van der Waals surface area contributed by atoms with E-state index in [0.29, 0.717) is 12.5 Å². The van der Waals surface area contributed by atoms with Gasteiger partial charge < -0.3 is 9.88 Å². The molecule has 1 saturated carbocycles. The number of nitrogens with zero attached hydrogens (tertiary/aromatic N) is 2. The minimum absolute atomic E-state index is 0.209. The molecular formula is C16H19N3O2. The maximum atomic E-state index is 11.0. The van der Waals surface area contributed by atoms with Crippen molar-refractivity contribution >= 4 is 5.69 Å². The average molecular weight is 285 g/mol. The van der Waals surface area contributed by atoms with Crippen LogP contribution in [0.2, 0.25) is 0 Å². The Balaban J connectivity index is 1.58. The molecule has 0 bridgehead atoms. The fraction of sp³-hybridized carbons (Fsp3) is 0.375. The molecule has 1 aromatic carbocycles.